The van der Waals surface area contributed by atoms with Crippen molar-refractivity contribution in [1.29, 1.82) is 0 Å². The van der Waals surface area contributed by atoms with Gasteiger partial charge in [-0.3, -0.25) is 0 Å². The largest absolute Gasteiger partial charge is 0.359 e. The van der Waals surface area contributed by atoms with Crippen LogP contribution in [-0.4, -0.2) is 47.3 Å². The molecule has 0 aliphatic heterocycles. The minimum absolute atomic E-state index is 0.0932. The van der Waals surface area contributed by atoms with Gasteiger partial charge in [0, 0.05) is 14.2 Å². The fourth-order valence-corrected chi connectivity index (χ4v) is 0.859. The molecule has 0 rings (SSSR count). The van der Waals surface area contributed by atoms with Gasteiger partial charge in [-0.1, -0.05) is 20.8 Å². The van der Waals surface area contributed by atoms with Crippen molar-refractivity contribution in [2.24, 2.45) is 5.41 Å². The van der Waals surface area contributed by atoms with E-state index in [2.05, 4.69) is 20.8 Å². The smallest absolute Gasteiger partial charge is 0.183 e. The van der Waals surface area contributed by atoms with Crippen LogP contribution in [0.5, 0.6) is 0 Å². The zero-order valence-corrected chi connectivity index (χ0v) is 10.9. The molecule has 16 heavy (non-hydrogen) atoms. The van der Waals surface area contributed by atoms with Gasteiger partial charge >= 0.3 is 0 Å². The molecule has 0 N–H and O–H groups in total. The second kappa shape index (κ2) is 8.90. The van der Waals surface area contributed by atoms with E-state index in [1.807, 2.05) is 0 Å². The fourth-order valence-electron chi connectivity index (χ4n) is 0.859. The lowest BCUT2D eigenvalue weighted by atomic mass is 9.99. The first-order valence-electron chi connectivity index (χ1n) is 5.28. The molecule has 0 radical (unpaired) electrons. The van der Waals surface area contributed by atoms with E-state index in [0.29, 0.717) is 13.2 Å². The maximum absolute atomic E-state index is 5.57. The zero-order chi connectivity index (χ0) is 12.4. The summed E-state index contributed by atoms with van der Waals surface area (Å²) in [5, 5.41) is 0. The molecule has 0 aromatic heterocycles. The molecule has 0 saturated carbocycles. The zero-order valence-electron chi connectivity index (χ0n) is 10.9. The maximum Gasteiger partial charge on any atom is 0.183 e. The molecule has 98 valence electrons. The first kappa shape index (κ1) is 15.8. The molecular weight excluding hydrogens is 212 g/mol. The van der Waals surface area contributed by atoms with Crippen molar-refractivity contribution in [2.75, 3.05) is 41.0 Å². The Labute approximate surface area is 98.0 Å². The molecule has 5 heteroatoms. The average molecular weight is 236 g/mol. The molecule has 0 saturated heterocycles. The number of hydrogen-bond acceptors (Lipinski definition) is 5. The Balaban J connectivity index is 3.80. The van der Waals surface area contributed by atoms with Crippen LogP contribution in [0.15, 0.2) is 0 Å². The van der Waals surface area contributed by atoms with E-state index < -0.39 is 6.29 Å². The molecule has 1 atom stereocenters. The van der Waals surface area contributed by atoms with E-state index >= 15 is 0 Å². The minimum atomic E-state index is -0.422. The second-order valence-electron chi connectivity index (χ2n) is 4.65. The first-order valence-corrected chi connectivity index (χ1v) is 5.28. The molecule has 5 nitrogen and oxygen atoms in total. The highest BCUT2D eigenvalue weighted by Gasteiger charge is 2.16. The summed E-state index contributed by atoms with van der Waals surface area (Å²) < 4.78 is 25.7. The van der Waals surface area contributed by atoms with E-state index in [1.165, 1.54) is 0 Å². The van der Waals surface area contributed by atoms with Gasteiger partial charge in [-0.05, 0) is 5.41 Å². The van der Waals surface area contributed by atoms with Gasteiger partial charge in [0.25, 0.3) is 0 Å². The lowest BCUT2D eigenvalue weighted by Crippen LogP contribution is -2.29. The predicted molar refractivity (Wildman–Crippen MR) is 60.0 cm³/mol. The van der Waals surface area contributed by atoms with E-state index in [1.54, 1.807) is 14.2 Å². The third-order valence-corrected chi connectivity index (χ3v) is 1.53. The van der Waals surface area contributed by atoms with Gasteiger partial charge in [0.1, 0.15) is 20.2 Å². The van der Waals surface area contributed by atoms with Gasteiger partial charge in [0.15, 0.2) is 6.29 Å². The Bertz CT molecular complexity index is 155. The summed E-state index contributed by atoms with van der Waals surface area (Å²) in [7, 11) is 3.14. The molecule has 0 aromatic rings. The third kappa shape index (κ3) is 10.3. The summed E-state index contributed by atoms with van der Waals surface area (Å²) in [5.74, 6) is 0. The number of hydrogen-bond donors (Lipinski definition) is 0. The average Bonchev–Trinajstić information content (AvgIpc) is 2.20. The van der Waals surface area contributed by atoms with Gasteiger partial charge in [0.05, 0.1) is 6.61 Å². The monoisotopic (exact) mass is 236 g/mol. The molecule has 0 aliphatic carbocycles. The van der Waals surface area contributed by atoms with Crippen molar-refractivity contribution in [3.63, 3.8) is 0 Å². The number of ether oxygens (including phenoxy) is 5. The highest BCUT2D eigenvalue weighted by Crippen LogP contribution is 2.14. The van der Waals surface area contributed by atoms with Crippen LogP contribution >= 0.6 is 0 Å². The Morgan fingerprint density at radius 3 is 2.06 bits per heavy atom. The molecule has 0 bridgehead atoms. The summed E-state index contributed by atoms with van der Waals surface area (Å²) >= 11 is 0. The van der Waals surface area contributed by atoms with Crippen LogP contribution in [0.1, 0.15) is 20.8 Å². The summed E-state index contributed by atoms with van der Waals surface area (Å²) in [4.78, 5) is 0. The van der Waals surface area contributed by atoms with Gasteiger partial charge in [-0.15, -0.1) is 0 Å². The summed E-state index contributed by atoms with van der Waals surface area (Å²) in [5.41, 5.74) is 0.0932. The van der Waals surface area contributed by atoms with E-state index in [0.717, 1.165) is 0 Å². The lowest BCUT2D eigenvalue weighted by molar-refractivity contribution is -0.226. The maximum atomic E-state index is 5.57. The summed E-state index contributed by atoms with van der Waals surface area (Å²) in [6.45, 7) is 7.62. The van der Waals surface area contributed by atoms with E-state index in [-0.39, 0.29) is 19.0 Å². The van der Waals surface area contributed by atoms with Crippen LogP contribution in [0.3, 0.4) is 0 Å². The Hall–Kier alpha value is -0.200. The summed E-state index contributed by atoms with van der Waals surface area (Å²) in [6, 6.07) is 0. The fraction of sp³-hybridized carbons (Fsp3) is 1.00. The van der Waals surface area contributed by atoms with E-state index in [9.17, 15) is 0 Å². The molecule has 1 unspecified atom stereocenters. The van der Waals surface area contributed by atoms with Crippen molar-refractivity contribution in [3.05, 3.63) is 0 Å². The number of methoxy groups -OCH3 is 2. The Morgan fingerprint density at radius 2 is 1.56 bits per heavy atom. The molecule has 0 spiro atoms. The molecule has 0 aromatic carbocycles. The van der Waals surface area contributed by atoms with E-state index in [4.69, 9.17) is 23.7 Å². The highest BCUT2D eigenvalue weighted by atomic mass is 16.8. The van der Waals surface area contributed by atoms with Crippen LogP contribution in [0.2, 0.25) is 0 Å². The molecule has 0 fully saturated rings. The molecule has 0 amide bonds. The Morgan fingerprint density at radius 1 is 0.938 bits per heavy atom. The molecule has 0 heterocycles. The van der Waals surface area contributed by atoms with Gasteiger partial charge < -0.3 is 23.7 Å². The van der Waals surface area contributed by atoms with Gasteiger partial charge in [-0.2, -0.15) is 0 Å². The van der Waals surface area contributed by atoms with Gasteiger partial charge in [-0.25, -0.2) is 0 Å². The Kier molecular flexibility index (Phi) is 8.78. The molecule has 0 aliphatic rings. The predicted octanol–water partition coefficient (Wildman–Crippen LogP) is 1.62. The third-order valence-electron chi connectivity index (χ3n) is 1.53. The van der Waals surface area contributed by atoms with Crippen LogP contribution in [-0.2, 0) is 23.7 Å². The van der Waals surface area contributed by atoms with Crippen LogP contribution in [0, 0.1) is 5.41 Å². The van der Waals surface area contributed by atoms with Crippen LogP contribution in [0.25, 0.3) is 0 Å². The van der Waals surface area contributed by atoms with Crippen LogP contribution in [0.4, 0.5) is 0 Å². The first-order chi connectivity index (χ1) is 7.49. The van der Waals surface area contributed by atoms with Crippen LogP contribution < -0.4 is 0 Å². The highest BCUT2D eigenvalue weighted by molar-refractivity contribution is 4.59. The SMILES string of the molecule is COCOCC(OCOC)OCC(C)(C)C. The van der Waals surface area contributed by atoms with Crippen molar-refractivity contribution in [3.8, 4) is 0 Å². The van der Waals surface area contributed by atoms with Crippen molar-refractivity contribution in [2.45, 2.75) is 27.1 Å². The normalized spacial score (nSPS) is 14.1. The standard InChI is InChI=1S/C11H24O5/c1-11(2,3)7-15-10(16-9-13-5)6-14-8-12-4/h10H,6-9H2,1-5H3. The quantitative estimate of drug-likeness (QED) is 0.449. The topological polar surface area (TPSA) is 46.2 Å². The minimum Gasteiger partial charge on any atom is -0.359 e. The second-order valence-corrected chi connectivity index (χ2v) is 4.65. The summed E-state index contributed by atoms with van der Waals surface area (Å²) in [6.07, 6.45) is -0.422. The van der Waals surface area contributed by atoms with Crippen molar-refractivity contribution < 1.29 is 23.7 Å². The number of rotatable bonds is 9. The van der Waals surface area contributed by atoms with Crippen molar-refractivity contribution in [1.82, 2.24) is 0 Å². The lowest BCUT2D eigenvalue weighted by Gasteiger charge is -2.23. The van der Waals surface area contributed by atoms with Gasteiger partial charge in [0.2, 0.25) is 0 Å². The van der Waals surface area contributed by atoms with Crippen molar-refractivity contribution >= 4 is 0 Å². The molecular formula is C11H24O5.